The average molecular weight is 358 g/mol. The highest BCUT2D eigenvalue weighted by Gasteiger charge is 2.55. The van der Waals surface area contributed by atoms with E-state index in [1.54, 1.807) is 0 Å². The van der Waals surface area contributed by atoms with Crippen molar-refractivity contribution in [2.75, 3.05) is 5.32 Å². The summed E-state index contributed by atoms with van der Waals surface area (Å²) in [5.74, 6) is -2.70. The van der Waals surface area contributed by atoms with Gasteiger partial charge in [-0.25, -0.2) is 4.98 Å². The number of fused-ring (bicyclic) bond motifs is 2. The highest BCUT2D eigenvalue weighted by molar-refractivity contribution is 7.19. The molecule has 2 aliphatic heterocycles. The summed E-state index contributed by atoms with van der Waals surface area (Å²) in [7, 11) is 0. The number of carboxylic acids is 1. The van der Waals surface area contributed by atoms with Crippen LogP contribution in [0.3, 0.4) is 0 Å². The first-order valence-electron chi connectivity index (χ1n) is 8.26. The molecule has 0 saturated carbocycles. The molecule has 1 aromatic heterocycles. The van der Waals surface area contributed by atoms with Crippen molar-refractivity contribution in [2.24, 2.45) is 11.8 Å². The number of benzene rings is 1. The van der Waals surface area contributed by atoms with E-state index in [1.165, 1.54) is 11.3 Å². The molecule has 1 aromatic carbocycles. The van der Waals surface area contributed by atoms with Gasteiger partial charge in [-0.3, -0.25) is 9.59 Å². The number of thiazole rings is 1. The zero-order valence-corrected chi connectivity index (χ0v) is 14.5. The number of rotatable bonds is 4. The van der Waals surface area contributed by atoms with Crippen molar-refractivity contribution in [3.05, 3.63) is 36.0 Å². The minimum atomic E-state index is -0.965. The van der Waals surface area contributed by atoms with E-state index in [2.05, 4.69) is 10.3 Å². The van der Waals surface area contributed by atoms with Gasteiger partial charge >= 0.3 is 5.97 Å². The molecule has 1 amide bonds. The lowest BCUT2D eigenvalue weighted by Crippen LogP contribution is -2.40. The van der Waals surface area contributed by atoms with E-state index in [9.17, 15) is 14.7 Å². The predicted molar refractivity (Wildman–Crippen MR) is 93.4 cm³/mol. The van der Waals surface area contributed by atoms with Crippen LogP contribution in [0.25, 0.3) is 10.4 Å². The van der Waals surface area contributed by atoms with E-state index < -0.39 is 17.8 Å². The summed E-state index contributed by atoms with van der Waals surface area (Å²) in [6.07, 6.45) is 0.787. The zero-order chi connectivity index (χ0) is 17.6. The molecule has 0 unspecified atom stereocenters. The number of amides is 1. The van der Waals surface area contributed by atoms with Crippen molar-refractivity contribution in [1.29, 1.82) is 0 Å². The Balaban J connectivity index is 1.55. The predicted octanol–water partition coefficient (Wildman–Crippen LogP) is 2.94. The molecule has 3 heterocycles. The Morgan fingerprint density at radius 1 is 1.20 bits per heavy atom. The number of aryl methyl sites for hydroxylation is 1. The lowest BCUT2D eigenvalue weighted by Gasteiger charge is -2.23. The zero-order valence-electron chi connectivity index (χ0n) is 13.6. The van der Waals surface area contributed by atoms with Gasteiger partial charge in [0.2, 0.25) is 5.91 Å². The number of hydrogen-bond acceptors (Lipinski definition) is 5. The summed E-state index contributed by atoms with van der Waals surface area (Å²) in [5, 5.41) is 12.7. The average Bonchev–Trinajstić information content (AvgIpc) is 3.29. The van der Waals surface area contributed by atoms with Gasteiger partial charge < -0.3 is 15.2 Å². The maximum absolute atomic E-state index is 12.7. The number of carbonyl (C=O) groups excluding carboxylic acids is 1. The second-order valence-electron chi connectivity index (χ2n) is 6.47. The van der Waals surface area contributed by atoms with E-state index >= 15 is 0 Å². The normalized spacial score (nSPS) is 27.4. The standard InChI is InChI=1S/C18H18N2O4S/c1-9-15(10-5-3-2-4-6-10)25-18(19-9)20-16(21)13-11-7-8-12(24-11)14(13)17(22)23/h2-6,11-14H,7-8H2,1H3,(H,22,23)(H,19,20,21)/t11-,12+,13-,14-/m0/s1. The van der Waals surface area contributed by atoms with E-state index in [4.69, 9.17) is 4.74 Å². The highest BCUT2D eigenvalue weighted by atomic mass is 32.1. The van der Waals surface area contributed by atoms with Crippen LogP contribution in [0.2, 0.25) is 0 Å². The molecule has 0 aliphatic carbocycles. The molecule has 2 fully saturated rings. The Kier molecular flexibility index (Phi) is 4.05. The number of carbonyl (C=O) groups is 2. The molecule has 6 nitrogen and oxygen atoms in total. The third-order valence-electron chi connectivity index (χ3n) is 4.92. The summed E-state index contributed by atoms with van der Waals surface area (Å²) >= 11 is 1.40. The Labute approximate surface area is 148 Å². The molecule has 2 bridgehead atoms. The molecule has 4 rings (SSSR count). The van der Waals surface area contributed by atoms with Gasteiger partial charge in [0.25, 0.3) is 0 Å². The molecule has 2 aliphatic rings. The van der Waals surface area contributed by atoms with Crippen molar-refractivity contribution in [3.8, 4) is 10.4 Å². The molecule has 2 saturated heterocycles. The Hall–Kier alpha value is -2.25. The topological polar surface area (TPSA) is 88.5 Å². The second kappa shape index (κ2) is 6.24. The van der Waals surface area contributed by atoms with Crippen LogP contribution >= 0.6 is 11.3 Å². The van der Waals surface area contributed by atoms with Crippen LogP contribution in [0.5, 0.6) is 0 Å². The molecule has 25 heavy (non-hydrogen) atoms. The number of aliphatic carboxylic acids is 1. The minimum absolute atomic E-state index is 0.305. The van der Waals surface area contributed by atoms with Crippen LogP contribution in [0.15, 0.2) is 30.3 Å². The van der Waals surface area contributed by atoms with Crippen molar-refractivity contribution >= 4 is 28.3 Å². The molecule has 4 atom stereocenters. The molecule has 7 heteroatoms. The van der Waals surface area contributed by atoms with Gasteiger partial charge in [-0.05, 0) is 25.3 Å². The molecular weight excluding hydrogens is 340 g/mol. The maximum atomic E-state index is 12.7. The third kappa shape index (κ3) is 2.83. The first-order chi connectivity index (χ1) is 12.0. The number of nitrogens with one attached hydrogen (secondary N) is 1. The van der Waals surface area contributed by atoms with Crippen molar-refractivity contribution in [1.82, 2.24) is 4.98 Å². The molecule has 130 valence electrons. The highest BCUT2D eigenvalue weighted by Crippen LogP contribution is 2.44. The van der Waals surface area contributed by atoms with Gasteiger partial charge in [0.05, 0.1) is 34.6 Å². The summed E-state index contributed by atoms with van der Waals surface area (Å²) in [6, 6.07) is 9.85. The second-order valence-corrected chi connectivity index (χ2v) is 7.47. The van der Waals surface area contributed by atoms with Crippen molar-refractivity contribution in [2.45, 2.75) is 32.0 Å². The summed E-state index contributed by atoms with van der Waals surface area (Å²) in [6.45, 7) is 1.90. The Morgan fingerprint density at radius 2 is 1.88 bits per heavy atom. The van der Waals surface area contributed by atoms with Crippen LogP contribution in [-0.4, -0.2) is 34.2 Å². The summed E-state index contributed by atoms with van der Waals surface area (Å²) in [5.41, 5.74) is 1.88. The first kappa shape index (κ1) is 16.2. The van der Waals surface area contributed by atoms with Crippen molar-refractivity contribution in [3.63, 3.8) is 0 Å². The Bertz CT molecular complexity index is 820. The quantitative estimate of drug-likeness (QED) is 0.877. The van der Waals surface area contributed by atoms with Gasteiger partial charge in [-0.1, -0.05) is 41.7 Å². The van der Waals surface area contributed by atoms with Gasteiger partial charge in [0.15, 0.2) is 5.13 Å². The van der Waals surface area contributed by atoms with E-state index in [0.29, 0.717) is 11.6 Å². The van der Waals surface area contributed by atoms with E-state index in [0.717, 1.165) is 22.6 Å². The van der Waals surface area contributed by atoms with Gasteiger partial charge in [-0.2, -0.15) is 0 Å². The fourth-order valence-corrected chi connectivity index (χ4v) is 4.80. The Morgan fingerprint density at radius 3 is 2.56 bits per heavy atom. The number of nitrogens with zero attached hydrogens (tertiary/aromatic N) is 1. The monoisotopic (exact) mass is 358 g/mol. The van der Waals surface area contributed by atoms with E-state index in [1.807, 2.05) is 37.3 Å². The van der Waals surface area contributed by atoms with Crippen LogP contribution in [0.1, 0.15) is 18.5 Å². The fourth-order valence-electron chi connectivity index (χ4n) is 3.82. The summed E-state index contributed by atoms with van der Waals surface area (Å²) < 4.78 is 5.66. The fraction of sp³-hybridized carbons (Fsp3) is 0.389. The van der Waals surface area contributed by atoms with Gasteiger partial charge in [0.1, 0.15) is 0 Å². The number of ether oxygens (including phenoxy) is 1. The maximum Gasteiger partial charge on any atom is 0.310 e. The SMILES string of the molecule is Cc1nc(NC(=O)[C@@H]2[C@@H](C(=O)O)[C@H]3CC[C@@H]2O3)sc1-c1ccccc1. The van der Waals surface area contributed by atoms with Crippen LogP contribution in [0, 0.1) is 18.8 Å². The summed E-state index contributed by atoms with van der Waals surface area (Å²) in [4.78, 5) is 29.6. The number of hydrogen-bond donors (Lipinski definition) is 2. The van der Waals surface area contributed by atoms with E-state index in [-0.39, 0.29) is 18.1 Å². The van der Waals surface area contributed by atoms with Gasteiger partial charge in [-0.15, -0.1) is 0 Å². The lowest BCUT2D eigenvalue weighted by molar-refractivity contribution is -0.147. The number of anilines is 1. The minimum Gasteiger partial charge on any atom is -0.481 e. The van der Waals surface area contributed by atoms with Crippen LogP contribution in [-0.2, 0) is 14.3 Å². The molecule has 2 N–H and O–H groups in total. The molecule has 0 radical (unpaired) electrons. The van der Waals surface area contributed by atoms with Gasteiger partial charge in [0, 0.05) is 0 Å². The number of carboxylic acid groups (broad SMARTS) is 1. The van der Waals surface area contributed by atoms with Crippen LogP contribution in [0.4, 0.5) is 5.13 Å². The molecule has 2 aromatic rings. The number of aromatic nitrogens is 1. The molecule has 0 spiro atoms. The third-order valence-corrected chi connectivity index (χ3v) is 6.05. The van der Waals surface area contributed by atoms with Crippen LogP contribution < -0.4 is 5.32 Å². The first-order valence-corrected chi connectivity index (χ1v) is 9.08. The molecular formula is C18H18N2O4S. The largest absolute Gasteiger partial charge is 0.481 e. The van der Waals surface area contributed by atoms with Crippen molar-refractivity contribution < 1.29 is 19.4 Å². The smallest absolute Gasteiger partial charge is 0.310 e. The lowest BCUT2D eigenvalue weighted by atomic mass is 9.79.